The first-order valence-corrected chi connectivity index (χ1v) is 7.84. The molecule has 1 fully saturated rings. The van der Waals surface area contributed by atoms with Gasteiger partial charge in [0.15, 0.2) is 0 Å². The van der Waals surface area contributed by atoms with E-state index >= 15 is 0 Å². The van der Waals surface area contributed by atoms with Gasteiger partial charge in [-0.05, 0) is 6.42 Å². The van der Waals surface area contributed by atoms with Gasteiger partial charge in [-0.15, -0.1) is 0 Å². The van der Waals surface area contributed by atoms with Crippen molar-refractivity contribution in [3.63, 3.8) is 0 Å². The fourth-order valence-corrected chi connectivity index (χ4v) is 2.56. The lowest BCUT2D eigenvalue weighted by Gasteiger charge is -2.51. The lowest BCUT2D eigenvalue weighted by molar-refractivity contribution is -0.476. The largest absolute Gasteiger partial charge is 0.384 e. The van der Waals surface area contributed by atoms with Gasteiger partial charge in [0.25, 0.3) is 5.91 Å². The van der Waals surface area contributed by atoms with E-state index in [2.05, 4.69) is 0 Å². The van der Waals surface area contributed by atoms with Crippen LogP contribution in [0.25, 0.3) is 0 Å². The summed E-state index contributed by atoms with van der Waals surface area (Å²) in [7, 11) is 0. The molecule has 0 aliphatic heterocycles. The number of halogens is 11. The van der Waals surface area contributed by atoms with Gasteiger partial charge in [-0.2, -0.15) is 43.9 Å². The van der Waals surface area contributed by atoms with Crippen LogP contribution in [0.5, 0.6) is 0 Å². The van der Waals surface area contributed by atoms with Gasteiger partial charge in [0.05, 0.1) is 0 Å². The Bertz CT molecular complexity index is 531. The number of carbonyl (C=O) groups excluding carboxylic acids is 1. The van der Waals surface area contributed by atoms with Crippen LogP contribution >= 0.6 is 0 Å². The average Bonchev–Trinajstić information content (AvgIpc) is 2.54. The molecular weight excluding hydrogens is 407 g/mol. The zero-order chi connectivity index (χ0) is 21.5. The first kappa shape index (κ1) is 23.7. The first-order chi connectivity index (χ1) is 12.0. The molecule has 0 saturated heterocycles. The van der Waals surface area contributed by atoms with Crippen LogP contribution in [0, 0.1) is 0 Å². The Labute approximate surface area is 146 Å². The minimum absolute atomic E-state index is 0.0953. The Hall–Kier alpha value is -1.30. The third-order valence-corrected chi connectivity index (χ3v) is 4.32. The second-order valence-electron chi connectivity index (χ2n) is 6.20. The van der Waals surface area contributed by atoms with Crippen LogP contribution in [0.3, 0.4) is 0 Å². The van der Waals surface area contributed by atoms with Crippen molar-refractivity contribution in [2.24, 2.45) is 0 Å². The summed E-state index contributed by atoms with van der Waals surface area (Å²) in [5, 5.41) is 1.10. The number of hydrogen-bond acceptors (Lipinski definition) is 1. The lowest BCUT2D eigenvalue weighted by Crippen LogP contribution is -2.86. The van der Waals surface area contributed by atoms with E-state index in [-0.39, 0.29) is 6.42 Å². The Morgan fingerprint density at radius 3 is 1.41 bits per heavy atom. The molecule has 1 amide bonds. The summed E-state index contributed by atoms with van der Waals surface area (Å²) < 4.78 is 148. The molecule has 1 saturated carbocycles. The summed E-state index contributed by atoms with van der Waals surface area (Å²) in [6.45, 7) is 1.03. The minimum atomic E-state index is -7.32. The van der Waals surface area contributed by atoms with Gasteiger partial charge in [0.1, 0.15) is 0 Å². The number of nitrogens with one attached hydrogen (secondary N) is 1. The third kappa shape index (κ3) is 2.86. The monoisotopic (exact) mass is 423 g/mol. The van der Waals surface area contributed by atoms with E-state index in [1.165, 1.54) is 0 Å². The molecule has 0 unspecified atom stereocenters. The predicted octanol–water partition coefficient (Wildman–Crippen LogP) is 4.97. The number of carbonyl (C=O) groups is 1. The van der Waals surface area contributed by atoms with Crippen molar-refractivity contribution in [1.82, 2.24) is 5.32 Å². The molecule has 0 heterocycles. The molecule has 13 heteroatoms. The zero-order valence-corrected chi connectivity index (χ0v) is 13.8. The number of alkyl halides is 11. The highest BCUT2D eigenvalue weighted by Crippen LogP contribution is 2.69. The quantitative estimate of drug-likeness (QED) is 0.455. The van der Waals surface area contributed by atoms with Crippen LogP contribution in [0.15, 0.2) is 0 Å². The molecule has 0 spiro atoms. The molecule has 1 aliphatic carbocycles. The van der Waals surface area contributed by atoms with E-state index < -0.39 is 47.7 Å². The van der Waals surface area contributed by atoms with E-state index in [1.807, 2.05) is 6.92 Å². The smallest absolute Gasteiger partial charge is 0.353 e. The SMILES string of the molecule is CCCCCCCNC(=O)C1(F)C(F)(F)C(F)(F)C(F)(F)C(F)(F)C1(F)F. The fraction of sp³-hybridized carbons (Fsp3) is 0.929. The average molecular weight is 423 g/mol. The Morgan fingerprint density at radius 1 is 0.630 bits per heavy atom. The summed E-state index contributed by atoms with van der Waals surface area (Å²) in [5.74, 6) is -39.3. The second kappa shape index (κ2) is 6.94. The number of unbranched alkanes of at least 4 members (excludes halogenated alkanes) is 4. The number of hydrogen-bond donors (Lipinski definition) is 1. The van der Waals surface area contributed by atoms with Crippen molar-refractivity contribution in [1.29, 1.82) is 0 Å². The van der Waals surface area contributed by atoms with Crippen LogP contribution in [0.2, 0.25) is 0 Å². The van der Waals surface area contributed by atoms with Gasteiger partial charge >= 0.3 is 35.3 Å². The van der Waals surface area contributed by atoms with Crippen molar-refractivity contribution in [3.05, 3.63) is 0 Å². The summed E-state index contributed by atoms with van der Waals surface area (Å²) in [5.41, 5.74) is -6.60. The summed E-state index contributed by atoms with van der Waals surface area (Å²) in [6, 6.07) is 0. The van der Waals surface area contributed by atoms with E-state index in [4.69, 9.17) is 0 Å². The maximum absolute atomic E-state index is 14.3. The van der Waals surface area contributed by atoms with E-state index in [1.54, 1.807) is 0 Å². The van der Waals surface area contributed by atoms with Crippen molar-refractivity contribution in [2.75, 3.05) is 6.54 Å². The molecule has 0 radical (unpaired) electrons. The van der Waals surface area contributed by atoms with Crippen LogP contribution in [0.1, 0.15) is 39.0 Å². The van der Waals surface area contributed by atoms with Gasteiger partial charge < -0.3 is 5.32 Å². The molecule has 27 heavy (non-hydrogen) atoms. The first-order valence-electron chi connectivity index (χ1n) is 7.84. The van der Waals surface area contributed by atoms with E-state index in [9.17, 15) is 53.1 Å². The van der Waals surface area contributed by atoms with Gasteiger partial charge in [-0.1, -0.05) is 32.6 Å². The van der Waals surface area contributed by atoms with Gasteiger partial charge in [0, 0.05) is 6.54 Å². The molecule has 0 aromatic heterocycles. The van der Waals surface area contributed by atoms with Crippen LogP contribution in [0.4, 0.5) is 48.3 Å². The molecule has 1 aliphatic rings. The van der Waals surface area contributed by atoms with Crippen molar-refractivity contribution >= 4 is 5.91 Å². The molecular formula is C14H16F11NO. The fourth-order valence-electron chi connectivity index (χ4n) is 2.56. The van der Waals surface area contributed by atoms with Gasteiger partial charge in [-0.25, -0.2) is 4.39 Å². The topological polar surface area (TPSA) is 29.1 Å². The van der Waals surface area contributed by atoms with Gasteiger partial charge in [-0.3, -0.25) is 4.79 Å². The van der Waals surface area contributed by atoms with Crippen molar-refractivity contribution in [2.45, 2.75) is 74.3 Å². The third-order valence-electron chi connectivity index (χ3n) is 4.32. The highest BCUT2D eigenvalue weighted by Gasteiger charge is 3.02. The lowest BCUT2D eigenvalue weighted by atomic mass is 9.71. The van der Waals surface area contributed by atoms with Crippen molar-refractivity contribution < 1.29 is 53.1 Å². The Balaban J connectivity index is 3.23. The summed E-state index contributed by atoms with van der Waals surface area (Å²) in [6.07, 6.45) is 2.20. The minimum Gasteiger partial charge on any atom is -0.353 e. The number of amides is 1. The molecule has 1 rings (SSSR count). The molecule has 160 valence electrons. The molecule has 1 N–H and O–H groups in total. The molecule has 0 aromatic rings. The molecule has 0 bridgehead atoms. The molecule has 2 nitrogen and oxygen atoms in total. The van der Waals surface area contributed by atoms with E-state index in [0.29, 0.717) is 19.3 Å². The molecule has 0 aromatic carbocycles. The van der Waals surface area contributed by atoms with Gasteiger partial charge in [0.2, 0.25) is 0 Å². The normalized spacial score (nSPS) is 26.4. The summed E-state index contributed by atoms with van der Waals surface area (Å²) >= 11 is 0. The highest BCUT2D eigenvalue weighted by atomic mass is 19.4. The maximum Gasteiger partial charge on any atom is 0.384 e. The maximum atomic E-state index is 14.3. The Kier molecular flexibility index (Phi) is 6.10. The predicted molar refractivity (Wildman–Crippen MR) is 70.3 cm³/mol. The number of rotatable bonds is 7. The van der Waals surface area contributed by atoms with Crippen LogP contribution < -0.4 is 5.32 Å². The molecule has 0 atom stereocenters. The van der Waals surface area contributed by atoms with Crippen molar-refractivity contribution in [3.8, 4) is 0 Å². The van der Waals surface area contributed by atoms with Crippen LogP contribution in [-0.2, 0) is 4.79 Å². The second-order valence-corrected chi connectivity index (χ2v) is 6.20. The Morgan fingerprint density at radius 2 is 1.00 bits per heavy atom. The highest BCUT2D eigenvalue weighted by molar-refractivity contribution is 5.88. The zero-order valence-electron chi connectivity index (χ0n) is 13.8. The van der Waals surface area contributed by atoms with Crippen LogP contribution in [-0.4, -0.2) is 47.7 Å². The summed E-state index contributed by atoms with van der Waals surface area (Å²) in [4.78, 5) is 11.5. The standard InChI is InChI=1S/C14H16F11NO/c1-2-3-4-5-6-7-26-8(27)9(15)10(16,17)12(20,21)14(24,25)13(22,23)11(9,18)19/h2-7H2,1H3,(H,26,27). The van der Waals surface area contributed by atoms with E-state index in [0.717, 1.165) is 11.7 Å².